The minimum absolute atomic E-state index is 0.0850. The first-order chi connectivity index (χ1) is 14.3. The molecular formula is C28H26O2. The van der Waals surface area contributed by atoms with E-state index in [1.807, 2.05) is 24.3 Å². The molecule has 0 amide bonds. The molecular weight excluding hydrogens is 368 g/mol. The molecule has 2 nitrogen and oxygen atoms in total. The first-order valence-corrected chi connectivity index (χ1v) is 10.3. The number of carboxylic acid groups (broad SMARTS) is 1. The third kappa shape index (κ3) is 3.86. The van der Waals surface area contributed by atoms with Crippen molar-refractivity contribution in [1.82, 2.24) is 0 Å². The Balaban J connectivity index is 1.76. The molecule has 0 heterocycles. The quantitative estimate of drug-likeness (QED) is 0.485. The van der Waals surface area contributed by atoms with Crippen molar-refractivity contribution in [2.75, 3.05) is 0 Å². The molecule has 150 valence electrons. The number of aryl methyl sites for hydroxylation is 1. The molecule has 0 radical (unpaired) electrons. The van der Waals surface area contributed by atoms with Crippen molar-refractivity contribution >= 4 is 23.7 Å². The van der Waals surface area contributed by atoms with Gasteiger partial charge in [-0.05, 0) is 64.3 Å². The first-order valence-electron chi connectivity index (χ1n) is 10.3. The van der Waals surface area contributed by atoms with Crippen molar-refractivity contribution in [2.24, 2.45) is 0 Å². The summed E-state index contributed by atoms with van der Waals surface area (Å²) in [5, 5.41) is 9.42. The van der Waals surface area contributed by atoms with E-state index in [1.165, 1.54) is 27.8 Å². The Hall–Kier alpha value is -3.39. The summed E-state index contributed by atoms with van der Waals surface area (Å²) in [7, 11) is 0. The zero-order chi connectivity index (χ0) is 21.3. The molecule has 2 heteroatoms. The largest absolute Gasteiger partial charge is 0.478 e. The van der Waals surface area contributed by atoms with Crippen LogP contribution in [0.15, 0.2) is 72.8 Å². The van der Waals surface area contributed by atoms with E-state index >= 15 is 0 Å². The van der Waals surface area contributed by atoms with Crippen LogP contribution in [0.3, 0.4) is 0 Å². The summed E-state index contributed by atoms with van der Waals surface area (Å²) in [6.45, 7) is 6.67. The molecule has 0 saturated carbocycles. The highest BCUT2D eigenvalue weighted by Crippen LogP contribution is 2.41. The highest BCUT2D eigenvalue weighted by atomic mass is 16.4. The lowest BCUT2D eigenvalue weighted by Crippen LogP contribution is -2.21. The molecule has 3 aromatic carbocycles. The van der Waals surface area contributed by atoms with Crippen molar-refractivity contribution in [1.29, 1.82) is 0 Å². The fourth-order valence-electron chi connectivity index (χ4n) is 4.09. The molecule has 1 N–H and O–H groups in total. The zero-order valence-corrected chi connectivity index (χ0v) is 17.6. The molecule has 0 unspecified atom stereocenters. The van der Waals surface area contributed by atoms with E-state index in [2.05, 4.69) is 69.3 Å². The number of hydrogen-bond acceptors (Lipinski definition) is 1. The van der Waals surface area contributed by atoms with Gasteiger partial charge in [0.25, 0.3) is 0 Å². The molecule has 0 fully saturated rings. The molecule has 0 bridgehead atoms. The Kier molecular flexibility index (Phi) is 5.17. The Bertz CT molecular complexity index is 1160. The molecule has 1 aliphatic rings. The molecule has 3 aromatic rings. The molecule has 0 saturated heterocycles. The lowest BCUT2D eigenvalue weighted by Gasteiger charge is -2.32. The fraction of sp³-hybridized carbons (Fsp3) is 0.179. The number of fused-ring (bicyclic) bond motifs is 1. The van der Waals surface area contributed by atoms with E-state index in [-0.39, 0.29) is 5.41 Å². The summed E-state index contributed by atoms with van der Waals surface area (Å²) in [6, 6.07) is 22.3. The maximum atomic E-state index is 11.5. The molecule has 4 rings (SSSR count). The topological polar surface area (TPSA) is 37.3 Å². The van der Waals surface area contributed by atoms with E-state index in [0.717, 1.165) is 12.0 Å². The number of hydrogen-bond donors (Lipinski definition) is 1. The van der Waals surface area contributed by atoms with Gasteiger partial charge in [-0.1, -0.05) is 92.2 Å². The van der Waals surface area contributed by atoms with Gasteiger partial charge in [-0.25, -0.2) is 4.79 Å². The minimum atomic E-state index is -0.910. The van der Waals surface area contributed by atoms with Crippen LogP contribution in [0, 0.1) is 6.92 Å². The molecule has 0 atom stereocenters. The third-order valence-electron chi connectivity index (χ3n) is 5.89. The van der Waals surface area contributed by atoms with E-state index in [1.54, 1.807) is 12.1 Å². The Morgan fingerprint density at radius 3 is 2.43 bits per heavy atom. The summed E-state index contributed by atoms with van der Waals surface area (Å²) < 4.78 is 0. The van der Waals surface area contributed by atoms with Crippen LogP contribution in [-0.4, -0.2) is 11.1 Å². The van der Waals surface area contributed by atoms with Crippen molar-refractivity contribution in [2.45, 2.75) is 32.6 Å². The Morgan fingerprint density at radius 1 is 0.967 bits per heavy atom. The van der Waals surface area contributed by atoms with Gasteiger partial charge in [-0.3, -0.25) is 0 Å². The van der Waals surface area contributed by atoms with Crippen LogP contribution in [0.5, 0.6) is 0 Å². The molecule has 30 heavy (non-hydrogen) atoms. The Morgan fingerprint density at radius 2 is 1.70 bits per heavy atom. The van der Waals surface area contributed by atoms with Crippen molar-refractivity contribution in [3.8, 4) is 0 Å². The second kappa shape index (κ2) is 7.79. The maximum absolute atomic E-state index is 11.5. The number of rotatable bonds is 4. The molecule has 0 spiro atoms. The molecule has 0 aliphatic heterocycles. The van der Waals surface area contributed by atoms with Gasteiger partial charge in [-0.2, -0.15) is 0 Å². The molecule has 0 aromatic heterocycles. The molecule has 1 aliphatic carbocycles. The average Bonchev–Trinajstić information content (AvgIpc) is 2.73. The van der Waals surface area contributed by atoms with Crippen LogP contribution in [0.2, 0.25) is 0 Å². The van der Waals surface area contributed by atoms with Crippen LogP contribution in [0.4, 0.5) is 0 Å². The second-order valence-electron chi connectivity index (χ2n) is 8.60. The number of allylic oxidation sites excluding steroid dienone is 1. The normalized spacial score (nSPS) is 15.0. The SMILES string of the molecule is Cc1ccc(C2=CCC(C)(C)c3ccc(C=Cc4ccccc4C(=O)O)cc32)cc1. The van der Waals surface area contributed by atoms with Crippen LogP contribution < -0.4 is 0 Å². The van der Waals surface area contributed by atoms with Gasteiger partial charge in [0.15, 0.2) is 0 Å². The lowest BCUT2D eigenvalue weighted by atomic mass is 9.72. The number of carbonyl (C=O) groups is 1. The van der Waals surface area contributed by atoms with Gasteiger partial charge in [-0.15, -0.1) is 0 Å². The Labute approximate surface area is 178 Å². The van der Waals surface area contributed by atoms with Crippen molar-refractivity contribution in [3.63, 3.8) is 0 Å². The first kappa shape index (κ1) is 19.9. The van der Waals surface area contributed by atoms with Crippen LogP contribution in [-0.2, 0) is 5.41 Å². The summed E-state index contributed by atoms with van der Waals surface area (Å²) in [5.41, 5.74) is 8.52. The monoisotopic (exact) mass is 394 g/mol. The van der Waals surface area contributed by atoms with Gasteiger partial charge in [0.2, 0.25) is 0 Å². The highest BCUT2D eigenvalue weighted by Gasteiger charge is 2.28. The highest BCUT2D eigenvalue weighted by molar-refractivity contribution is 5.93. The average molecular weight is 395 g/mol. The standard InChI is InChI=1S/C28H26O2/c1-19-8-12-22(13-9-19)23-16-17-28(2,3)26-15-11-20(18-25(23)26)10-14-21-6-4-5-7-24(21)27(29)30/h4-16,18H,17H2,1-3H3,(H,29,30). The van der Waals surface area contributed by atoms with E-state index < -0.39 is 5.97 Å². The summed E-state index contributed by atoms with van der Waals surface area (Å²) >= 11 is 0. The van der Waals surface area contributed by atoms with E-state index in [9.17, 15) is 9.90 Å². The van der Waals surface area contributed by atoms with Gasteiger partial charge in [0.1, 0.15) is 0 Å². The summed E-state index contributed by atoms with van der Waals surface area (Å²) in [6.07, 6.45) is 7.23. The predicted molar refractivity (Wildman–Crippen MR) is 125 cm³/mol. The van der Waals surface area contributed by atoms with Crippen LogP contribution in [0.1, 0.15) is 64.0 Å². The van der Waals surface area contributed by atoms with Crippen molar-refractivity contribution < 1.29 is 9.90 Å². The zero-order valence-electron chi connectivity index (χ0n) is 17.6. The summed E-state index contributed by atoms with van der Waals surface area (Å²) in [5.74, 6) is -0.910. The third-order valence-corrected chi connectivity index (χ3v) is 5.89. The number of carboxylic acids is 1. The number of aromatic carboxylic acids is 1. The predicted octanol–water partition coefficient (Wildman–Crippen LogP) is 6.98. The fourth-order valence-corrected chi connectivity index (χ4v) is 4.09. The maximum Gasteiger partial charge on any atom is 0.336 e. The summed E-state index contributed by atoms with van der Waals surface area (Å²) in [4.78, 5) is 11.5. The van der Waals surface area contributed by atoms with E-state index in [0.29, 0.717) is 11.1 Å². The van der Waals surface area contributed by atoms with Gasteiger partial charge < -0.3 is 5.11 Å². The lowest BCUT2D eigenvalue weighted by molar-refractivity contribution is 0.0696. The number of benzene rings is 3. The minimum Gasteiger partial charge on any atom is -0.478 e. The second-order valence-corrected chi connectivity index (χ2v) is 8.60. The van der Waals surface area contributed by atoms with E-state index in [4.69, 9.17) is 0 Å². The van der Waals surface area contributed by atoms with Crippen LogP contribution >= 0.6 is 0 Å². The van der Waals surface area contributed by atoms with Gasteiger partial charge >= 0.3 is 5.97 Å². The van der Waals surface area contributed by atoms with Crippen molar-refractivity contribution in [3.05, 3.63) is 112 Å². The van der Waals surface area contributed by atoms with Gasteiger partial charge in [0.05, 0.1) is 5.56 Å². The van der Waals surface area contributed by atoms with Crippen LogP contribution in [0.25, 0.3) is 17.7 Å². The van der Waals surface area contributed by atoms with Gasteiger partial charge in [0, 0.05) is 0 Å². The smallest absolute Gasteiger partial charge is 0.336 e.